The summed E-state index contributed by atoms with van der Waals surface area (Å²) in [6, 6.07) is 5.75. The normalized spacial score (nSPS) is 12.3. The van der Waals surface area contributed by atoms with Crippen LogP contribution in [0.25, 0.3) is 0 Å². The minimum absolute atomic E-state index is 0.0229. The molecule has 1 aromatic carbocycles. The minimum atomic E-state index is -5.08. The summed E-state index contributed by atoms with van der Waals surface area (Å²) in [6.45, 7) is 5.18. The number of nitrogens with zero attached hydrogens (tertiary/aromatic N) is 1. The molecule has 10 nitrogen and oxygen atoms in total. The number of carbonyl (C=O) groups excluding carboxylic acids is 3. The number of esters is 2. The molecule has 1 amide bonds. The third-order valence-corrected chi connectivity index (χ3v) is 5.22. The standard InChI is InChI=1S/C22H33Cl2N3O5.C2HF3O2/c1-3-31-20(28)10-9-18(25)21(29)26-19(22(30)32-4-2)15-16-5-7-17(8-6-16)27(13-11-23)14-12-24;3-2(4,5)1(6)7/h5-8,18-19H,3-4,9-15,25H2,1-2H3,(H,26,29);(H,6,7)/t18-,19-;/m0./s1. The van der Waals surface area contributed by atoms with Crippen molar-refractivity contribution in [2.75, 3.05) is 43.0 Å². The number of carboxylic acid groups (broad SMARTS) is 1. The third-order valence-electron chi connectivity index (χ3n) is 4.88. The monoisotopic (exact) mass is 603 g/mol. The van der Waals surface area contributed by atoms with Crippen LogP contribution in [0.3, 0.4) is 0 Å². The molecular formula is C24H34Cl2F3N3O7. The summed E-state index contributed by atoms with van der Waals surface area (Å²) in [5.41, 5.74) is 7.69. The first kappa shape index (κ1) is 36.2. The Kier molecular flexibility index (Phi) is 17.9. The van der Waals surface area contributed by atoms with Crippen LogP contribution in [0.5, 0.6) is 0 Å². The summed E-state index contributed by atoms with van der Waals surface area (Å²) < 4.78 is 41.7. The number of carboxylic acids is 1. The molecule has 0 aliphatic carbocycles. The molecule has 0 radical (unpaired) electrons. The van der Waals surface area contributed by atoms with Crippen molar-refractivity contribution in [2.45, 2.75) is 51.4 Å². The summed E-state index contributed by atoms with van der Waals surface area (Å²) >= 11 is 11.7. The summed E-state index contributed by atoms with van der Waals surface area (Å²) in [7, 11) is 0. The highest BCUT2D eigenvalue weighted by Crippen LogP contribution is 2.17. The van der Waals surface area contributed by atoms with Gasteiger partial charge in [0, 0.05) is 43.4 Å². The lowest BCUT2D eigenvalue weighted by Gasteiger charge is -2.23. The molecule has 0 bridgehead atoms. The summed E-state index contributed by atoms with van der Waals surface area (Å²) in [4.78, 5) is 47.3. The molecule has 39 heavy (non-hydrogen) atoms. The Bertz CT molecular complexity index is 900. The number of aliphatic carboxylic acids is 1. The van der Waals surface area contributed by atoms with E-state index in [4.69, 9.17) is 48.3 Å². The zero-order valence-electron chi connectivity index (χ0n) is 21.6. The number of halogens is 5. The van der Waals surface area contributed by atoms with Crippen molar-refractivity contribution in [1.29, 1.82) is 0 Å². The number of hydrogen-bond donors (Lipinski definition) is 3. The van der Waals surface area contributed by atoms with E-state index in [2.05, 4.69) is 10.2 Å². The SMILES string of the molecule is CCOC(=O)CC[C@H](N)C(=O)N[C@@H](Cc1ccc(N(CCCl)CCCl)cc1)C(=O)OCC.O=C(O)C(F)(F)F. The fourth-order valence-electron chi connectivity index (χ4n) is 3.01. The first-order valence-corrected chi connectivity index (χ1v) is 13.0. The Labute approximate surface area is 234 Å². The molecule has 0 unspecified atom stereocenters. The average Bonchev–Trinajstić information content (AvgIpc) is 2.87. The van der Waals surface area contributed by atoms with Crippen molar-refractivity contribution in [1.82, 2.24) is 5.32 Å². The van der Waals surface area contributed by atoms with Crippen LogP contribution in [0.2, 0.25) is 0 Å². The number of rotatable bonds is 15. The second-order valence-corrected chi connectivity index (χ2v) is 8.56. The van der Waals surface area contributed by atoms with Crippen molar-refractivity contribution in [3.63, 3.8) is 0 Å². The van der Waals surface area contributed by atoms with Crippen LogP contribution in [-0.2, 0) is 35.1 Å². The lowest BCUT2D eigenvalue weighted by atomic mass is 10.0. The van der Waals surface area contributed by atoms with Gasteiger partial charge in [0.15, 0.2) is 0 Å². The van der Waals surface area contributed by atoms with Crippen molar-refractivity contribution in [3.8, 4) is 0 Å². The Morgan fingerprint density at radius 3 is 1.97 bits per heavy atom. The number of amides is 1. The van der Waals surface area contributed by atoms with Crippen LogP contribution >= 0.6 is 23.2 Å². The van der Waals surface area contributed by atoms with Gasteiger partial charge >= 0.3 is 24.1 Å². The number of hydrogen-bond acceptors (Lipinski definition) is 8. The fourth-order valence-corrected chi connectivity index (χ4v) is 3.41. The predicted octanol–water partition coefficient (Wildman–Crippen LogP) is 2.86. The molecule has 0 aliphatic rings. The number of anilines is 1. The molecule has 0 saturated carbocycles. The number of ether oxygens (including phenoxy) is 2. The number of benzene rings is 1. The van der Waals surface area contributed by atoms with Gasteiger partial charge in [-0.3, -0.25) is 9.59 Å². The molecule has 0 saturated heterocycles. The van der Waals surface area contributed by atoms with E-state index >= 15 is 0 Å². The number of carbonyl (C=O) groups is 4. The van der Waals surface area contributed by atoms with Gasteiger partial charge in [0.1, 0.15) is 6.04 Å². The maximum atomic E-state index is 12.5. The summed E-state index contributed by atoms with van der Waals surface area (Å²) in [5.74, 6) is -3.30. The second kappa shape index (κ2) is 19.3. The molecular weight excluding hydrogens is 570 g/mol. The molecule has 2 atom stereocenters. The smallest absolute Gasteiger partial charge is 0.475 e. The number of alkyl halides is 5. The van der Waals surface area contributed by atoms with Crippen LogP contribution < -0.4 is 16.0 Å². The third kappa shape index (κ3) is 15.4. The van der Waals surface area contributed by atoms with E-state index in [1.165, 1.54) is 0 Å². The van der Waals surface area contributed by atoms with Gasteiger partial charge in [0.25, 0.3) is 0 Å². The fraction of sp³-hybridized carbons (Fsp3) is 0.583. The summed E-state index contributed by atoms with van der Waals surface area (Å²) in [5, 5.41) is 9.77. The highest BCUT2D eigenvalue weighted by Gasteiger charge is 2.38. The zero-order valence-corrected chi connectivity index (χ0v) is 23.2. The van der Waals surface area contributed by atoms with Crippen molar-refractivity contribution in [2.24, 2.45) is 5.73 Å². The molecule has 0 heterocycles. The Morgan fingerprint density at radius 2 is 1.54 bits per heavy atom. The molecule has 1 rings (SSSR count). The molecule has 0 aliphatic heterocycles. The van der Waals surface area contributed by atoms with Gasteiger partial charge in [-0.05, 0) is 38.0 Å². The molecule has 4 N–H and O–H groups in total. The van der Waals surface area contributed by atoms with E-state index < -0.39 is 42.1 Å². The van der Waals surface area contributed by atoms with Gasteiger partial charge in [-0.1, -0.05) is 12.1 Å². The van der Waals surface area contributed by atoms with Crippen LogP contribution in [-0.4, -0.2) is 85.2 Å². The Morgan fingerprint density at radius 1 is 1.03 bits per heavy atom. The Balaban J connectivity index is 0.00000181. The van der Waals surface area contributed by atoms with Crippen molar-refractivity contribution < 1.29 is 46.9 Å². The lowest BCUT2D eigenvalue weighted by molar-refractivity contribution is -0.192. The van der Waals surface area contributed by atoms with Gasteiger partial charge in [0.2, 0.25) is 5.91 Å². The van der Waals surface area contributed by atoms with E-state index in [9.17, 15) is 27.6 Å². The van der Waals surface area contributed by atoms with E-state index in [1.54, 1.807) is 13.8 Å². The van der Waals surface area contributed by atoms with E-state index in [0.717, 1.165) is 11.3 Å². The zero-order chi connectivity index (χ0) is 30.0. The minimum Gasteiger partial charge on any atom is -0.475 e. The topological polar surface area (TPSA) is 148 Å². The van der Waals surface area contributed by atoms with Gasteiger partial charge in [-0.25, -0.2) is 9.59 Å². The first-order chi connectivity index (χ1) is 18.3. The quantitative estimate of drug-likeness (QED) is 0.203. The first-order valence-electron chi connectivity index (χ1n) is 11.9. The molecule has 15 heteroatoms. The van der Waals surface area contributed by atoms with Gasteiger partial charge in [-0.15, -0.1) is 23.2 Å². The maximum Gasteiger partial charge on any atom is 0.490 e. The Hall–Kier alpha value is -2.77. The predicted molar refractivity (Wildman–Crippen MR) is 140 cm³/mol. The molecule has 0 spiro atoms. The molecule has 0 fully saturated rings. The number of nitrogens with one attached hydrogen (secondary N) is 1. The van der Waals surface area contributed by atoms with E-state index in [0.29, 0.717) is 24.8 Å². The van der Waals surface area contributed by atoms with Gasteiger partial charge in [0.05, 0.1) is 19.3 Å². The highest BCUT2D eigenvalue weighted by molar-refractivity contribution is 6.18. The second-order valence-electron chi connectivity index (χ2n) is 7.80. The molecule has 222 valence electrons. The molecule has 1 aromatic rings. The van der Waals surface area contributed by atoms with Crippen molar-refractivity contribution >= 4 is 52.7 Å². The lowest BCUT2D eigenvalue weighted by Crippen LogP contribution is -2.50. The highest BCUT2D eigenvalue weighted by atomic mass is 35.5. The maximum absolute atomic E-state index is 12.5. The van der Waals surface area contributed by atoms with Crippen LogP contribution in [0.15, 0.2) is 24.3 Å². The largest absolute Gasteiger partial charge is 0.490 e. The van der Waals surface area contributed by atoms with Gasteiger partial charge in [-0.2, -0.15) is 13.2 Å². The number of nitrogens with two attached hydrogens (primary N) is 1. The van der Waals surface area contributed by atoms with Crippen LogP contribution in [0.4, 0.5) is 18.9 Å². The molecule has 0 aromatic heterocycles. The van der Waals surface area contributed by atoms with Crippen LogP contribution in [0, 0.1) is 0 Å². The summed E-state index contributed by atoms with van der Waals surface area (Å²) in [6.07, 6.45) is -4.71. The van der Waals surface area contributed by atoms with E-state index in [1.807, 2.05) is 24.3 Å². The van der Waals surface area contributed by atoms with Crippen molar-refractivity contribution in [3.05, 3.63) is 29.8 Å². The van der Waals surface area contributed by atoms with E-state index in [-0.39, 0.29) is 32.5 Å². The average molecular weight is 604 g/mol. The van der Waals surface area contributed by atoms with Gasteiger partial charge < -0.3 is 30.5 Å². The van der Waals surface area contributed by atoms with Crippen LogP contribution in [0.1, 0.15) is 32.3 Å².